The summed E-state index contributed by atoms with van der Waals surface area (Å²) in [7, 11) is 0. The van der Waals surface area contributed by atoms with Gasteiger partial charge in [0.1, 0.15) is 5.82 Å². The first-order valence-corrected chi connectivity index (χ1v) is 7.15. The zero-order valence-corrected chi connectivity index (χ0v) is 12.7. The van der Waals surface area contributed by atoms with E-state index in [4.69, 9.17) is 0 Å². The highest BCUT2D eigenvalue weighted by Gasteiger charge is 2.14. The lowest BCUT2D eigenvalue weighted by molar-refractivity contribution is 0.602. The maximum absolute atomic E-state index is 13.6. The predicted molar refractivity (Wildman–Crippen MR) is 80.8 cm³/mol. The van der Waals surface area contributed by atoms with E-state index in [0.717, 1.165) is 22.1 Å². The second-order valence-electron chi connectivity index (χ2n) is 4.61. The van der Waals surface area contributed by atoms with Crippen molar-refractivity contribution in [2.24, 2.45) is 0 Å². The molecule has 0 aliphatic carbocycles. The van der Waals surface area contributed by atoms with Crippen molar-refractivity contribution in [1.29, 1.82) is 0 Å². The van der Waals surface area contributed by atoms with Crippen molar-refractivity contribution < 1.29 is 4.39 Å². The minimum Gasteiger partial charge on any atom is -0.307 e. The molecule has 0 amide bonds. The SMILES string of the molecule is CCNC(c1cccc(C)c1)c1cc(F)cc(Br)c1. The third-order valence-corrected chi connectivity index (χ3v) is 3.46. The van der Waals surface area contributed by atoms with Crippen LogP contribution in [0, 0.1) is 12.7 Å². The molecule has 2 rings (SSSR count). The number of hydrogen-bond donors (Lipinski definition) is 1. The van der Waals surface area contributed by atoms with Crippen LogP contribution in [0.1, 0.15) is 29.7 Å². The molecule has 100 valence electrons. The van der Waals surface area contributed by atoms with Crippen LogP contribution in [0.4, 0.5) is 4.39 Å². The van der Waals surface area contributed by atoms with Gasteiger partial charge in [0.2, 0.25) is 0 Å². The number of aryl methyl sites for hydroxylation is 1. The summed E-state index contributed by atoms with van der Waals surface area (Å²) in [5.41, 5.74) is 3.29. The first-order valence-electron chi connectivity index (χ1n) is 6.36. The van der Waals surface area contributed by atoms with Crippen molar-refractivity contribution in [2.75, 3.05) is 6.54 Å². The van der Waals surface area contributed by atoms with Gasteiger partial charge in [-0.3, -0.25) is 0 Å². The molecule has 1 N–H and O–H groups in total. The van der Waals surface area contributed by atoms with Gasteiger partial charge in [-0.05, 0) is 42.8 Å². The van der Waals surface area contributed by atoms with Crippen LogP contribution in [-0.4, -0.2) is 6.54 Å². The molecule has 0 bridgehead atoms. The van der Waals surface area contributed by atoms with Gasteiger partial charge in [0.05, 0.1) is 6.04 Å². The highest BCUT2D eigenvalue weighted by molar-refractivity contribution is 9.10. The van der Waals surface area contributed by atoms with Gasteiger partial charge in [0.15, 0.2) is 0 Å². The fourth-order valence-electron chi connectivity index (χ4n) is 2.22. The van der Waals surface area contributed by atoms with Crippen LogP contribution in [0.2, 0.25) is 0 Å². The van der Waals surface area contributed by atoms with Crippen LogP contribution in [0.25, 0.3) is 0 Å². The van der Waals surface area contributed by atoms with Crippen LogP contribution in [0.3, 0.4) is 0 Å². The van der Waals surface area contributed by atoms with E-state index < -0.39 is 0 Å². The van der Waals surface area contributed by atoms with Crippen LogP contribution in [0.5, 0.6) is 0 Å². The number of hydrogen-bond acceptors (Lipinski definition) is 1. The van der Waals surface area contributed by atoms with Crippen molar-refractivity contribution in [3.05, 3.63) is 69.4 Å². The molecule has 0 aromatic heterocycles. The summed E-state index contributed by atoms with van der Waals surface area (Å²) in [6, 6.07) is 13.3. The van der Waals surface area contributed by atoms with Crippen molar-refractivity contribution in [1.82, 2.24) is 5.32 Å². The Labute approximate surface area is 122 Å². The molecule has 0 radical (unpaired) electrons. The Bertz CT molecular complexity index is 548. The predicted octanol–water partition coefficient (Wildman–Crippen LogP) is 4.60. The lowest BCUT2D eigenvalue weighted by Gasteiger charge is -2.20. The summed E-state index contributed by atoms with van der Waals surface area (Å²) in [6.45, 7) is 4.94. The molecule has 0 aliphatic rings. The lowest BCUT2D eigenvalue weighted by Crippen LogP contribution is -2.22. The molecule has 0 saturated carbocycles. The van der Waals surface area contributed by atoms with Crippen LogP contribution in [-0.2, 0) is 0 Å². The fourth-order valence-corrected chi connectivity index (χ4v) is 2.71. The Balaban J connectivity index is 2.44. The molecule has 2 aromatic carbocycles. The molecule has 3 heteroatoms. The van der Waals surface area contributed by atoms with E-state index in [1.807, 2.05) is 12.1 Å². The molecular weight excluding hydrogens is 305 g/mol. The summed E-state index contributed by atoms with van der Waals surface area (Å²) < 4.78 is 14.3. The summed E-state index contributed by atoms with van der Waals surface area (Å²) >= 11 is 3.35. The number of benzene rings is 2. The van der Waals surface area contributed by atoms with E-state index in [1.54, 1.807) is 6.07 Å². The van der Waals surface area contributed by atoms with Crippen LogP contribution in [0.15, 0.2) is 46.9 Å². The van der Waals surface area contributed by atoms with E-state index in [2.05, 4.69) is 53.3 Å². The Morgan fingerprint density at radius 1 is 1.16 bits per heavy atom. The van der Waals surface area contributed by atoms with Crippen molar-refractivity contribution in [3.63, 3.8) is 0 Å². The molecule has 0 saturated heterocycles. The Morgan fingerprint density at radius 3 is 2.58 bits per heavy atom. The molecule has 0 aliphatic heterocycles. The van der Waals surface area contributed by atoms with Crippen molar-refractivity contribution in [2.45, 2.75) is 19.9 Å². The zero-order valence-electron chi connectivity index (χ0n) is 11.1. The third-order valence-electron chi connectivity index (χ3n) is 3.00. The van der Waals surface area contributed by atoms with Gasteiger partial charge in [-0.25, -0.2) is 4.39 Å². The van der Waals surface area contributed by atoms with Gasteiger partial charge in [-0.15, -0.1) is 0 Å². The number of rotatable bonds is 4. The van der Waals surface area contributed by atoms with E-state index in [9.17, 15) is 4.39 Å². The average Bonchev–Trinajstić information content (AvgIpc) is 2.34. The molecule has 19 heavy (non-hydrogen) atoms. The van der Waals surface area contributed by atoms with Gasteiger partial charge in [-0.1, -0.05) is 52.7 Å². The second-order valence-corrected chi connectivity index (χ2v) is 5.52. The minimum absolute atomic E-state index is 0.0110. The van der Waals surface area contributed by atoms with Crippen LogP contribution >= 0.6 is 15.9 Å². The monoisotopic (exact) mass is 321 g/mol. The summed E-state index contributed by atoms with van der Waals surface area (Å²) in [6.07, 6.45) is 0. The van der Waals surface area contributed by atoms with E-state index in [-0.39, 0.29) is 11.9 Å². The van der Waals surface area contributed by atoms with E-state index in [0.29, 0.717) is 0 Å². The van der Waals surface area contributed by atoms with Gasteiger partial charge in [0, 0.05) is 4.47 Å². The average molecular weight is 322 g/mol. The topological polar surface area (TPSA) is 12.0 Å². The highest BCUT2D eigenvalue weighted by Crippen LogP contribution is 2.26. The van der Waals surface area contributed by atoms with Gasteiger partial charge >= 0.3 is 0 Å². The summed E-state index contributed by atoms with van der Waals surface area (Å²) in [5, 5.41) is 3.41. The van der Waals surface area contributed by atoms with Crippen molar-refractivity contribution in [3.8, 4) is 0 Å². The largest absolute Gasteiger partial charge is 0.307 e. The second kappa shape index (κ2) is 6.31. The standard InChI is InChI=1S/C16H17BrFN/c1-3-19-16(12-6-4-5-11(2)7-12)13-8-14(17)10-15(18)9-13/h4-10,16,19H,3H2,1-2H3. The Hall–Kier alpha value is -1.19. The quantitative estimate of drug-likeness (QED) is 0.868. The normalized spacial score (nSPS) is 12.4. The molecule has 1 unspecified atom stereocenters. The van der Waals surface area contributed by atoms with Crippen LogP contribution < -0.4 is 5.32 Å². The molecule has 0 spiro atoms. The third kappa shape index (κ3) is 3.64. The number of halogens is 2. The summed E-state index contributed by atoms with van der Waals surface area (Å²) in [5.74, 6) is -0.222. The minimum atomic E-state index is -0.222. The molecule has 1 nitrogen and oxygen atoms in total. The lowest BCUT2D eigenvalue weighted by atomic mass is 9.97. The molecule has 0 fully saturated rings. The molecule has 0 heterocycles. The molecular formula is C16H17BrFN. The van der Waals surface area contributed by atoms with Gasteiger partial charge < -0.3 is 5.32 Å². The summed E-state index contributed by atoms with van der Waals surface area (Å²) in [4.78, 5) is 0. The van der Waals surface area contributed by atoms with Gasteiger partial charge in [-0.2, -0.15) is 0 Å². The zero-order chi connectivity index (χ0) is 13.8. The van der Waals surface area contributed by atoms with Crippen molar-refractivity contribution >= 4 is 15.9 Å². The Kier molecular flexibility index (Phi) is 4.72. The maximum atomic E-state index is 13.6. The first-order chi connectivity index (χ1) is 9.10. The molecule has 2 aromatic rings. The van der Waals surface area contributed by atoms with Gasteiger partial charge in [0.25, 0.3) is 0 Å². The fraction of sp³-hybridized carbons (Fsp3) is 0.250. The number of nitrogens with one attached hydrogen (secondary N) is 1. The first kappa shape index (κ1) is 14.2. The maximum Gasteiger partial charge on any atom is 0.124 e. The smallest absolute Gasteiger partial charge is 0.124 e. The van der Waals surface area contributed by atoms with E-state index >= 15 is 0 Å². The van der Waals surface area contributed by atoms with E-state index in [1.165, 1.54) is 11.6 Å². The highest BCUT2D eigenvalue weighted by atomic mass is 79.9. The Morgan fingerprint density at radius 2 is 1.95 bits per heavy atom. The molecule has 1 atom stereocenters.